The largest absolute Gasteiger partial charge is 0.474 e. The molecule has 128 valence electrons. The van der Waals surface area contributed by atoms with Crippen molar-refractivity contribution in [1.29, 1.82) is 0 Å². The number of pyridine rings is 1. The van der Waals surface area contributed by atoms with Crippen molar-refractivity contribution in [1.82, 2.24) is 4.98 Å². The molecule has 2 heterocycles. The average Bonchev–Trinajstić information content (AvgIpc) is 2.59. The Hall–Kier alpha value is -1.74. The van der Waals surface area contributed by atoms with Gasteiger partial charge in [0.1, 0.15) is 12.2 Å². The first kappa shape index (κ1) is 17.1. The molecule has 0 amide bonds. The van der Waals surface area contributed by atoms with Crippen LogP contribution in [0.3, 0.4) is 0 Å². The van der Waals surface area contributed by atoms with Crippen LogP contribution in [-0.2, 0) is 0 Å². The van der Waals surface area contributed by atoms with Crippen LogP contribution < -0.4 is 4.74 Å². The van der Waals surface area contributed by atoms with Crippen molar-refractivity contribution < 1.29 is 28.8 Å². The minimum atomic E-state index is -1.43. The summed E-state index contributed by atoms with van der Waals surface area (Å²) in [5.41, 5.74) is -0.0807. The van der Waals surface area contributed by atoms with E-state index < -0.39 is 35.4 Å². The number of thioether (sulfide) groups is 1. The zero-order valence-corrected chi connectivity index (χ0v) is 13.2. The molecule has 1 aliphatic heterocycles. The number of ether oxygens (including phenoxy) is 1. The van der Waals surface area contributed by atoms with E-state index >= 15 is 0 Å². The molecule has 0 spiro atoms. The monoisotopic (exact) mass is 355 g/mol. The van der Waals surface area contributed by atoms with E-state index in [4.69, 9.17) is 4.74 Å². The van der Waals surface area contributed by atoms with Gasteiger partial charge >= 0.3 is 0 Å². The lowest BCUT2D eigenvalue weighted by Gasteiger charge is -2.34. The summed E-state index contributed by atoms with van der Waals surface area (Å²) >= 11 is 1.01. The van der Waals surface area contributed by atoms with Crippen LogP contribution in [0.1, 0.15) is 0 Å². The molecule has 0 bridgehead atoms. The van der Waals surface area contributed by atoms with Gasteiger partial charge in [0.2, 0.25) is 5.82 Å². The molecule has 8 heteroatoms. The highest BCUT2D eigenvalue weighted by Gasteiger charge is 2.39. The maximum Gasteiger partial charge on any atom is 0.200 e. The normalized spacial score (nSPS) is 27.0. The van der Waals surface area contributed by atoms with Crippen LogP contribution in [0.15, 0.2) is 36.7 Å². The van der Waals surface area contributed by atoms with Crippen LogP contribution in [0.5, 0.6) is 5.75 Å². The number of hydrogen-bond acceptors (Lipinski definition) is 6. The zero-order valence-electron chi connectivity index (χ0n) is 12.3. The second-order valence-electron chi connectivity index (χ2n) is 5.38. The van der Waals surface area contributed by atoms with Gasteiger partial charge in [0, 0.05) is 23.7 Å². The third-order valence-corrected chi connectivity index (χ3v) is 4.92. The lowest BCUT2D eigenvalue weighted by Crippen LogP contribution is -2.50. The van der Waals surface area contributed by atoms with E-state index in [0.29, 0.717) is 11.1 Å². The van der Waals surface area contributed by atoms with E-state index in [1.54, 1.807) is 18.3 Å². The van der Waals surface area contributed by atoms with Crippen molar-refractivity contribution in [2.75, 3.05) is 5.75 Å². The first-order chi connectivity index (χ1) is 11.5. The van der Waals surface area contributed by atoms with E-state index in [1.807, 2.05) is 0 Å². The number of aliphatic hydroxyl groups is 3. The third kappa shape index (κ3) is 3.36. The molecule has 0 saturated carbocycles. The van der Waals surface area contributed by atoms with Gasteiger partial charge in [-0.05, 0) is 23.8 Å². The Balaban J connectivity index is 1.89. The Labute approximate surface area is 140 Å². The lowest BCUT2D eigenvalue weighted by atomic mass is 10.1. The van der Waals surface area contributed by atoms with Crippen molar-refractivity contribution in [3.8, 4) is 16.9 Å². The van der Waals surface area contributed by atoms with Crippen molar-refractivity contribution in [3.05, 3.63) is 48.3 Å². The summed E-state index contributed by atoms with van der Waals surface area (Å²) in [4.78, 5) is 3.93. The molecule has 2 aromatic rings. The Morgan fingerprint density at radius 3 is 2.62 bits per heavy atom. The summed E-state index contributed by atoms with van der Waals surface area (Å²) in [5.74, 6) is -2.55. The first-order valence-electron chi connectivity index (χ1n) is 7.19. The van der Waals surface area contributed by atoms with E-state index in [1.165, 1.54) is 12.3 Å². The van der Waals surface area contributed by atoms with Crippen molar-refractivity contribution in [2.24, 2.45) is 0 Å². The van der Waals surface area contributed by atoms with Gasteiger partial charge in [-0.2, -0.15) is 4.39 Å². The topological polar surface area (TPSA) is 82.8 Å². The highest BCUT2D eigenvalue weighted by Crippen LogP contribution is 2.33. The summed E-state index contributed by atoms with van der Waals surface area (Å²) < 4.78 is 33.3. The average molecular weight is 355 g/mol. The molecular weight excluding hydrogens is 340 g/mol. The van der Waals surface area contributed by atoms with Crippen LogP contribution in [-0.4, -0.2) is 49.8 Å². The van der Waals surface area contributed by atoms with Gasteiger partial charge in [0.05, 0.1) is 6.10 Å². The van der Waals surface area contributed by atoms with E-state index in [2.05, 4.69) is 4.98 Å². The summed E-state index contributed by atoms with van der Waals surface area (Å²) in [6, 6.07) is 5.69. The number of hydrogen-bond donors (Lipinski definition) is 3. The third-order valence-electron chi connectivity index (χ3n) is 3.69. The molecule has 1 aromatic heterocycles. The first-order valence-corrected chi connectivity index (χ1v) is 8.24. The Kier molecular flexibility index (Phi) is 5.00. The second-order valence-corrected chi connectivity index (χ2v) is 6.51. The van der Waals surface area contributed by atoms with Gasteiger partial charge in [-0.25, -0.2) is 4.39 Å². The van der Waals surface area contributed by atoms with E-state index in [0.717, 1.165) is 17.8 Å². The molecule has 0 radical (unpaired) electrons. The number of aliphatic hydroxyl groups excluding tert-OH is 3. The van der Waals surface area contributed by atoms with Gasteiger partial charge in [-0.3, -0.25) is 4.98 Å². The molecule has 1 saturated heterocycles. The number of aromatic nitrogens is 1. The van der Waals surface area contributed by atoms with Gasteiger partial charge in [0.15, 0.2) is 17.0 Å². The number of halogens is 2. The number of benzene rings is 1. The zero-order chi connectivity index (χ0) is 17.3. The van der Waals surface area contributed by atoms with Crippen LogP contribution in [0.4, 0.5) is 8.78 Å². The van der Waals surface area contributed by atoms with E-state index in [9.17, 15) is 24.1 Å². The molecule has 3 N–H and O–H groups in total. The molecule has 1 aliphatic rings. The predicted octanol–water partition coefficient (Wildman–Crippen LogP) is 1.56. The fourth-order valence-electron chi connectivity index (χ4n) is 2.36. The van der Waals surface area contributed by atoms with Gasteiger partial charge in [0.25, 0.3) is 0 Å². The van der Waals surface area contributed by atoms with Crippen LogP contribution >= 0.6 is 11.8 Å². The summed E-state index contributed by atoms with van der Waals surface area (Å²) in [6.07, 6.45) is -0.884. The minimum Gasteiger partial charge on any atom is -0.474 e. The Morgan fingerprint density at radius 2 is 1.92 bits per heavy atom. The summed E-state index contributed by atoms with van der Waals surface area (Å²) in [6.45, 7) is 0. The standard InChI is InChI=1S/C16H15F2NO4S/c17-10-4-9(8-2-1-3-19-6-8)5-12(13(10)18)23-16-15(22)14(21)11(20)7-24-16/h1-6,11,14-16,20-22H,7H2/t11-,14+,15-,16+/m1/s1. The van der Waals surface area contributed by atoms with Crippen molar-refractivity contribution in [3.63, 3.8) is 0 Å². The molecule has 3 rings (SSSR count). The molecule has 1 aromatic carbocycles. The molecule has 1 fully saturated rings. The Bertz CT molecular complexity index is 719. The molecule has 4 atom stereocenters. The molecule has 24 heavy (non-hydrogen) atoms. The second kappa shape index (κ2) is 7.02. The number of rotatable bonds is 3. The van der Waals surface area contributed by atoms with Gasteiger partial charge in [-0.1, -0.05) is 6.07 Å². The SMILES string of the molecule is O[C@@H]1[C@@H](O)[C@@H](Oc2cc(-c3cccnc3)cc(F)c2F)SC[C@H]1O. The lowest BCUT2D eigenvalue weighted by molar-refractivity contribution is -0.0790. The smallest absolute Gasteiger partial charge is 0.200 e. The summed E-state index contributed by atoms with van der Waals surface area (Å²) in [7, 11) is 0. The van der Waals surface area contributed by atoms with Crippen molar-refractivity contribution in [2.45, 2.75) is 23.7 Å². The number of nitrogens with zero attached hydrogens (tertiary/aromatic N) is 1. The van der Waals surface area contributed by atoms with Crippen LogP contribution in [0, 0.1) is 11.6 Å². The molecular formula is C16H15F2NO4S. The highest BCUT2D eigenvalue weighted by atomic mass is 32.2. The minimum absolute atomic E-state index is 0.106. The highest BCUT2D eigenvalue weighted by molar-refractivity contribution is 7.99. The summed E-state index contributed by atoms with van der Waals surface area (Å²) in [5, 5.41) is 29.1. The fraction of sp³-hybridized carbons (Fsp3) is 0.312. The Morgan fingerprint density at radius 1 is 1.12 bits per heavy atom. The molecule has 0 aliphatic carbocycles. The van der Waals surface area contributed by atoms with Crippen LogP contribution in [0.2, 0.25) is 0 Å². The van der Waals surface area contributed by atoms with E-state index in [-0.39, 0.29) is 11.5 Å². The molecule has 5 nitrogen and oxygen atoms in total. The van der Waals surface area contributed by atoms with Gasteiger partial charge < -0.3 is 20.1 Å². The van der Waals surface area contributed by atoms with Crippen molar-refractivity contribution >= 4 is 11.8 Å². The fourth-order valence-corrected chi connectivity index (χ4v) is 3.47. The van der Waals surface area contributed by atoms with Crippen LogP contribution in [0.25, 0.3) is 11.1 Å². The van der Waals surface area contributed by atoms with Gasteiger partial charge in [-0.15, -0.1) is 11.8 Å². The molecule has 0 unspecified atom stereocenters. The predicted molar refractivity (Wildman–Crippen MR) is 84.5 cm³/mol. The quantitative estimate of drug-likeness (QED) is 0.775. The maximum atomic E-state index is 14.0. The maximum absolute atomic E-state index is 14.0.